The van der Waals surface area contributed by atoms with Crippen molar-refractivity contribution in [3.05, 3.63) is 57.6 Å². The predicted molar refractivity (Wildman–Crippen MR) is 91.7 cm³/mol. The van der Waals surface area contributed by atoms with Crippen molar-refractivity contribution in [2.24, 2.45) is 7.05 Å². The number of rotatable bonds is 4. The Morgan fingerprint density at radius 1 is 1.19 bits per heavy atom. The lowest BCUT2D eigenvalue weighted by Gasteiger charge is -2.03. The quantitative estimate of drug-likeness (QED) is 0.701. The standard InChI is InChI=1S/C15H11Cl2F3N6O/c1-25-11(10(17)12(23-25)15(18,19)20)13(27)22-14-21-7-26(24-14)6-8-2-4-9(16)5-3-8/h2-5,7H,6H2,1H3,(H,22,24,27). The van der Waals surface area contributed by atoms with E-state index in [9.17, 15) is 18.0 Å². The van der Waals surface area contributed by atoms with Gasteiger partial charge in [0.1, 0.15) is 17.0 Å². The van der Waals surface area contributed by atoms with Crippen molar-refractivity contribution in [1.82, 2.24) is 24.5 Å². The van der Waals surface area contributed by atoms with E-state index in [1.54, 1.807) is 24.3 Å². The van der Waals surface area contributed by atoms with Crippen molar-refractivity contribution in [2.45, 2.75) is 12.7 Å². The van der Waals surface area contributed by atoms with Gasteiger partial charge in [-0.1, -0.05) is 35.3 Å². The molecule has 2 aromatic heterocycles. The van der Waals surface area contributed by atoms with E-state index in [-0.39, 0.29) is 5.95 Å². The molecule has 2 heterocycles. The molecule has 0 unspecified atom stereocenters. The first kappa shape index (κ1) is 19.2. The fourth-order valence-corrected chi connectivity index (χ4v) is 2.77. The molecule has 0 aliphatic rings. The zero-order chi connectivity index (χ0) is 19.8. The molecule has 3 rings (SSSR count). The number of aryl methyl sites for hydroxylation is 1. The second-order valence-electron chi connectivity index (χ2n) is 5.48. The molecule has 1 aromatic carbocycles. The summed E-state index contributed by atoms with van der Waals surface area (Å²) in [5.41, 5.74) is -0.886. The Bertz CT molecular complexity index is 981. The highest BCUT2D eigenvalue weighted by Crippen LogP contribution is 2.35. The van der Waals surface area contributed by atoms with E-state index >= 15 is 0 Å². The number of nitrogens with zero attached hydrogens (tertiary/aromatic N) is 5. The number of nitrogens with one attached hydrogen (secondary N) is 1. The van der Waals surface area contributed by atoms with Gasteiger partial charge in [0.2, 0.25) is 5.95 Å². The Kier molecular flexibility index (Phi) is 5.11. The topological polar surface area (TPSA) is 77.6 Å². The highest BCUT2D eigenvalue weighted by molar-refractivity contribution is 6.34. The van der Waals surface area contributed by atoms with Gasteiger partial charge in [0.25, 0.3) is 5.91 Å². The normalized spacial score (nSPS) is 11.6. The van der Waals surface area contributed by atoms with Crippen LogP contribution >= 0.6 is 23.2 Å². The molecule has 1 N–H and O–H groups in total. The van der Waals surface area contributed by atoms with Gasteiger partial charge < -0.3 is 0 Å². The van der Waals surface area contributed by atoms with Crippen LogP contribution in [0.15, 0.2) is 30.6 Å². The molecule has 142 valence electrons. The summed E-state index contributed by atoms with van der Waals surface area (Å²) >= 11 is 11.5. The van der Waals surface area contributed by atoms with Crippen molar-refractivity contribution in [3.8, 4) is 0 Å². The monoisotopic (exact) mass is 418 g/mol. The molecule has 0 saturated carbocycles. The van der Waals surface area contributed by atoms with Gasteiger partial charge in [-0.15, -0.1) is 5.10 Å². The van der Waals surface area contributed by atoms with Crippen molar-refractivity contribution < 1.29 is 18.0 Å². The number of hydrogen-bond acceptors (Lipinski definition) is 4. The van der Waals surface area contributed by atoms with Gasteiger partial charge in [0.05, 0.1) is 6.54 Å². The largest absolute Gasteiger partial charge is 0.436 e. The first-order valence-electron chi connectivity index (χ1n) is 7.40. The summed E-state index contributed by atoms with van der Waals surface area (Å²) in [6.07, 6.45) is -3.40. The average molecular weight is 419 g/mol. The fraction of sp³-hybridized carbons (Fsp3) is 0.200. The number of anilines is 1. The van der Waals surface area contributed by atoms with Crippen molar-refractivity contribution in [1.29, 1.82) is 0 Å². The predicted octanol–water partition coefficient (Wildman–Crippen LogP) is 3.64. The zero-order valence-corrected chi connectivity index (χ0v) is 15.1. The third kappa shape index (κ3) is 4.22. The molecule has 0 spiro atoms. The number of aromatic nitrogens is 5. The SMILES string of the molecule is Cn1nc(C(F)(F)F)c(Cl)c1C(=O)Nc1ncn(Cc2ccc(Cl)cc2)n1. The Balaban J connectivity index is 1.75. The molecule has 3 aromatic rings. The molecule has 1 amide bonds. The second kappa shape index (κ2) is 7.20. The summed E-state index contributed by atoms with van der Waals surface area (Å²) in [5, 5.41) is 9.42. The number of halogens is 5. The van der Waals surface area contributed by atoms with Gasteiger partial charge in [-0.3, -0.25) is 14.8 Å². The molecule has 0 saturated heterocycles. The van der Waals surface area contributed by atoms with Crippen LogP contribution in [-0.2, 0) is 19.8 Å². The van der Waals surface area contributed by atoms with Crippen LogP contribution in [0.5, 0.6) is 0 Å². The summed E-state index contributed by atoms with van der Waals surface area (Å²) in [5.74, 6) is -0.991. The lowest BCUT2D eigenvalue weighted by Crippen LogP contribution is -2.17. The van der Waals surface area contributed by atoms with E-state index in [0.29, 0.717) is 11.6 Å². The smallest absolute Gasteiger partial charge is 0.288 e. The Hall–Kier alpha value is -2.59. The van der Waals surface area contributed by atoms with Crippen LogP contribution < -0.4 is 5.32 Å². The van der Waals surface area contributed by atoms with E-state index < -0.39 is 28.5 Å². The first-order chi connectivity index (χ1) is 12.6. The van der Waals surface area contributed by atoms with Crippen LogP contribution in [0, 0.1) is 0 Å². The minimum absolute atomic E-state index is 0.0835. The van der Waals surface area contributed by atoms with E-state index in [1.165, 1.54) is 18.1 Å². The van der Waals surface area contributed by atoms with E-state index in [1.807, 2.05) is 0 Å². The molecule has 0 aliphatic heterocycles. The molecule has 0 radical (unpaired) electrons. The first-order valence-corrected chi connectivity index (χ1v) is 8.15. The highest BCUT2D eigenvalue weighted by atomic mass is 35.5. The minimum Gasteiger partial charge on any atom is -0.288 e. The third-order valence-corrected chi connectivity index (χ3v) is 4.10. The highest BCUT2D eigenvalue weighted by Gasteiger charge is 2.39. The molecule has 27 heavy (non-hydrogen) atoms. The van der Waals surface area contributed by atoms with Crippen molar-refractivity contribution in [2.75, 3.05) is 5.32 Å². The summed E-state index contributed by atoms with van der Waals surface area (Å²) < 4.78 is 40.7. The maximum atomic E-state index is 12.8. The summed E-state index contributed by atoms with van der Waals surface area (Å²) in [7, 11) is 1.18. The van der Waals surface area contributed by atoms with Crippen LogP contribution in [0.2, 0.25) is 10.0 Å². The van der Waals surface area contributed by atoms with Gasteiger partial charge in [-0.05, 0) is 17.7 Å². The molecule has 12 heteroatoms. The zero-order valence-electron chi connectivity index (χ0n) is 13.6. The van der Waals surface area contributed by atoms with Gasteiger partial charge >= 0.3 is 6.18 Å². The van der Waals surface area contributed by atoms with Crippen LogP contribution in [-0.4, -0.2) is 30.5 Å². The van der Waals surface area contributed by atoms with Gasteiger partial charge in [0.15, 0.2) is 5.69 Å². The minimum atomic E-state index is -4.77. The molecule has 0 bridgehead atoms. The van der Waals surface area contributed by atoms with Gasteiger partial charge in [-0.25, -0.2) is 9.67 Å². The summed E-state index contributed by atoms with van der Waals surface area (Å²) in [6.45, 7) is 0.366. The number of amides is 1. The second-order valence-corrected chi connectivity index (χ2v) is 6.29. The number of carbonyl (C=O) groups excluding carboxylic acids is 1. The summed E-state index contributed by atoms with van der Waals surface area (Å²) in [4.78, 5) is 16.2. The molecule has 0 fully saturated rings. The number of benzene rings is 1. The molecule has 7 nitrogen and oxygen atoms in total. The van der Waals surface area contributed by atoms with Crippen LogP contribution in [0.4, 0.5) is 19.1 Å². The number of alkyl halides is 3. The van der Waals surface area contributed by atoms with Crippen molar-refractivity contribution in [3.63, 3.8) is 0 Å². The van der Waals surface area contributed by atoms with Crippen LogP contribution in [0.3, 0.4) is 0 Å². The molecular weight excluding hydrogens is 408 g/mol. The Morgan fingerprint density at radius 2 is 1.85 bits per heavy atom. The molecule has 0 atom stereocenters. The molecular formula is C15H11Cl2F3N6O. The maximum absolute atomic E-state index is 12.8. The fourth-order valence-electron chi connectivity index (χ4n) is 2.29. The van der Waals surface area contributed by atoms with Crippen molar-refractivity contribution >= 4 is 35.1 Å². The van der Waals surface area contributed by atoms with Crippen LogP contribution in [0.1, 0.15) is 21.7 Å². The van der Waals surface area contributed by atoms with Gasteiger partial charge in [0, 0.05) is 12.1 Å². The lowest BCUT2D eigenvalue weighted by molar-refractivity contribution is -0.141. The lowest BCUT2D eigenvalue weighted by atomic mass is 10.2. The Labute approximate surface area is 160 Å². The van der Waals surface area contributed by atoms with E-state index in [4.69, 9.17) is 23.2 Å². The Morgan fingerprint density at radius 3 is 2.44 bits per heavy atom. The number of hydrogen-bond donors (Lipinski definition) is 1. The van der Waals surface area contributed by atoms with E-state index in [2.05, 4.69) is 20.5 Å². The van der Waals surface area contributed by atoms with Gasteiger partial charge in [-0.2, -0.15) is 18.3 Å². The van der Waals surface area contributed by atoms with E-state index in [0.717, 1.165) is 10.2 Å². The maximum Gasteiger partial charge on any atom is 0.436 e. The molecule has 0 aliphatic carbocycles. The average Bonchev–Trinajstić information content (AvgIpc) is 3.13. The summed E-state index contributed by atoms with van der Waals surface area (Å²) in [6, 6.07) is 7.05. The third-order valence-electron chi connectivity index (χ3n) is 3.49. The number of carbonyl (C=O) groups is 1. The van der Waals surface area contributed by atoms with Crippen LogP contribution in [0.25, 0.3) is 0 Å².